The first-order valence-electron chi connectivity index (χ1n) is 3.04. The molecule has 68 valence electrons. The highest BCUT2D eigenvalue weighted by atomic mass is 35.5. The minimum Gasteiger partial charge on any atom is -0.389 e. The van der Waals surface area contributed by atoms with Gasteiger partial charge in [0.2, 0.25) is 0 Å². The van der Waals surface area contributed by atoms with Crippen molar-refractivity contribution in [2.45, 2.75) is 24.5 Å². The van der Waals surface area contributed by atoms with E-state index < -0.39 is 24.5 Å². The second kappa shape index (κ2) is 4.20. The number of nitrogens with two attached hydrogens (primary N) is 1. The van der Waals surface area contributed by atoms with Crippen molar-refractivity contribution in [1.29, 1.82) is 0 Å². The fourth-order valence-corrected chi connectivity index (χ4v) is 0.832. The lowest BCUT2D eigenvalue weighted by Gasteiger charge is -2.32. The Kier molecular flexibility index (Phi) is 4.23. The molecular weight excluding hydrogens is 174 g/mol. The zero-order chi connectivity index (χ0) is 7.72. The Morgan fingerprint density at radius 1 is 1.27 bits per heavy atom. The molecule has 0 aromatic carbocycles. The monoisotopic (exact) mass is 185 g/mol. The van der Waals surface area contributed by atoms with Crippen LogP contribution in [0.25, 0.3) is 0 Å². The number of hydrogen-bond acceptors (Lipinski definition) is 5. The predicted molar refractivity (Wildman–Crippen MR) is 39.2 cm³/mol. The molecule has 0 spiro atoms. The van der Waals surface area contributed by atoms with Crippen molar-refractivity contribution < 1.29 is 20.1 Å². The summed E-state index contributed by atoms with van der Waals surface area (Å²) >= 11 is 0. The number of ether oxygens (including phenoxy) is 1. The third-order valence-corrected chi connectivity index (χ3v) is 1.56. The zero-order valence-corrected chi connectivity index (χ0v) is 6.57. The molecule has 0 aromatic heterocycles. The van der Waals surface area contributed by atoms with E-state index in [2.05, 4.69) is 4.74 Å². The van der Waals surface area contributed by atoms with Crippen LogP contribution in [-0.2, 0) is 4.74 Å². The van der Waals surface area contributed by atoms with Crippen LogP contribution >= 0.6 is 12.4 Å². The minimum absolute atomic E-state index is 0. The van der Waals surface area contributed by atoms with Crippen molar-refractivity contribution in [1.82, 2.24) is 0 Å². The van der Waals surface area contributed by atoms with Gasteiger partial charge in [0.1, 0.15) is 12.2 Å². The summed E-state index contributed by atoms with van der Waals surface area (Å²) in [5.74, 6) is 0. The second-order valence-corrected chi connectivity index (χ2v) is 2.36. The van der Waals surface area contributed by atoms with Crippen LogP contribution < -0.4 is 5.73 Å². The maximum Gasteiger partial charge on any atom is 0.172 e. The average molecular weight is 186 g/mol. The van der Waals surface area contributed by atoms with Crippen LogP contribution in [0.5, 0.6) is 0 Å². The summed E-state index contributed by atoms with van der Waals surface area (Å²) in [6.07, 6.45) is -3.25. The molecule has 1 saturated heterocycles. The molecule has 11 heavy (non-hydrogen) atoms. The Balaban J connectivity index is 0.000001000. The van der Waals surface area contributed by atoms with Gasteiger partial charge in [0.25, 0.3) is 0 Å². The van der Waals surface area contributed by atoms with Gasteiger partial charge in [-0.1, -0.05) is 0 Å². The summed E-state index contributed by atoms with van der Waals surface area (Å²) in [7, 11) is 0. The molecule has 5 nitrogen and oxygen atoms in total. The van der Waals surface area contributed by atoms with Crippen molar-refractivity contribution in [2.75, 3.05) is 6.61 Å². The maximum absolute atomic E-state index is 9.00. The molecule has 0 aromatic rings. The molecule has 0 radical (unpaired) electrons. The molecule has 5 N–H and O–H groups in total. The van der Waals surface area contributed by atoms with Gasteiger partial charge in [-0.2, -0.15) is 0 Å². The molecule has 1 fully saturated rings. The minimum atomic E-state index is -1.17. The lowest BCUT2D eigenvalue weighted by molar-refractivity contribution is -0.205. The molecule has 0 bridgehead atoms. The zero-order valence-electron chi connectivity index (χ0n) is 5.75. The molecule has 6 heteroatoms. The molecule has 1 aliphatic heterocycles. The van der Waals surface area contributed by atoms with Crippen LogP contribution in [0, 0.1) is 0 Å². The summed E-state index contributed by atoms with van der Waals surface area (Å²) < 4.78 is 4.59. The van der Waals surface area contributed by atoms with E-state index in [4.69, 9.17) is 21.1 Å². The number of aliphatic hydroxyl groups excluding tert-OH is 3. The van der Waals surface area contributed by atoms with Gasteiger partial charge in [0.15, 0.2) is 6.29 Å². The van der Waals surface area contributed by atoms with Gasteiger partial charge < -0.3 is 25.8 Å². The van der Waals surface area contributed by atoms with E-state index in [1.54, 1.807) is 0 Å². The Hall–Kier alpha value is 0.0900. The summed E-state index contributed by atoms with van der Waals surface area (Å²) in [4.78, 5) is 0. The van der Waals surface area contributed by atoms with Crippen LogP contribution in [0.3, 0.4) is 0 Å². The number of halogens is 1. The topological polar surface area (TPSA) is 95.9 Å². The lowest BCUT2D eigenvalue weighted by atomic mass is 10.0. The third-order valence-electron chi connectivity index (χ3n) is 1.56. The standard InChI is InChI=1S/C5H11NO4.ClH/c6-3-4(8)2(7)1-10-5(3)9;/h2-5,7-9H,1,6H2;1H/t2-,3-,4-,5?;/m1./s1. The van der Waals surface area contributed by atoms with Gasteiger partial charge in [-0.05, 0) is 0 Å². The lowest BCUT2D eigenvalue weighted by Crippen LogP contribution is -2.57. The smallest absolute Gasteiger partial charge is 0.172 e. The normalized spacial score (nSPS) is 44.7. The first-order chi connectivity index (χ1) is 4.63. The number of aliphatic hydroxyl groups is 3. The highest BCUT2D eigenvalue weighted by Crippen LogP contribution is 2.10. The van der Waals surface area contributed by atoms with E-state index in [9.17, 15) is 0 Å². The molecule has 0 amide bonds. The Bertz CT molecular complexity index is 111. The molecule has 1 aliphatic rings. The number of hydrogen-bond donors (Lipinski definition) is 4. The van der Waals surface area contributed by atoms with Crippen molar-refractivity contribution in [3.8, 4) is 0 Å². The van der Waals surface area contributed by atoms with Crippen molar-refractivity contribution in [3.63, 3.8) is 0 Å². The van der Waals surface area contributed by atoms with Crippen LogP contribution in [-0.4, -0.2) is 46.5 Å². The summed E-state index contributed by atoms with van der Waals surface area (Å²) in [6, 6.07) is -0.913. The first kappa shape index (κ1) is 11.1. The van der Waals surface area contributed by atoms with Crippen molar-refractivity contribution in [2.24, 2.45) is 5.73 Å². The highest BCUT2D eigenvalue weighted by molar-refractivity contribution is 5.85. The van der Waals surface area contributed by atoms with E-state index in [1.165, 1.54) is 0 Å². The van der Waals surface area contributed by atoms with Crippen LogP contribution in [0.2, 0.25) is 0 Å². The molecule has 1 heterocycles. The fraction of sp³-hybridized carbons (Fsp3) is 1.00. The van der Waals surface area contributed by atoms with E-state index in [1.807, 2.05) is 0 Å². The van der Waals surface area contributed by atoms with Gasteiger partial charge in [0, 0.05) is 0 Å². The van der Waals surface area contributed by atoms with Crippen LogP contribution in [0.4, 0.5) is 0 Å². The predicted octanol–water partition coefficient (Wildman–Crippen LogP) is -2.19. The maximum atomic E-state index is 9.00. The van der Waals surface area contributed by atoms with E-state index in [0.717, 1.165) is 0 Å². The van der Waals surface area contributed by atoms with Crippen molar-refractivity contribution >= 4 is 12.4 Å². The summed E-state index contributed by atoms with van der Waals surface area (Å²) in [5.41, 5.74) is 5.23. The van der Waals surface area contributed by atoms with E-state index in [-0.39, 0.29) is 19.0 Å². The van der Waals surface area contributed by atoms with Gasteiger partial charge in [-0.15, -0.1) is 12.4 Å². The van der Waals surface area contributed by atoms with E-state index in [0.29, 0.717) is 0 Å². The van der Waals surface area contributed by atoms with E-state index >= 15 is 0 Å². The van der Waals surface area contributed by atoms with Gasteiger partial charge in [-0.25, -0.2) is 0 Å². The molecule has 1 unspecified atom stereocenters. The largest absolute Gasteiger partial charge is 0.389 e. The quantitative estimate of drug-likeness (QED) is 0.344. The highest BCUT2D eigenvalue weighted by Gasteiger charge is 2.34. The molecule has 4 atom stereocenters. The Labute approximate surface area is 70.2 Å². The van der Waals surface area contributed by atoms with Gasteiger partial charge in [0.05, 0.1) is 12.6 Å². The number of rotatable bonds is 0. The molecule has 1 rings (SSSR count). The SMILES string of the molecule is Cl.N[C@H]1C(O)OC[C@@H](O)[C@H]1O. The molecule has 0 saturated carbocycles. The second-order valence-electron chi connectivity index (χ2n) is 2.36. The van der Waals surface area contributed by atoms with Gasteiger partial charge >= 0.3 is 0 Å². The van der Waals surface area contributed by atoms with Gasteiger partial charge in [-0.3, -0.25) is 0 Å². The third kappa shape index (κ3) is 2.26. The first-order valence-corrected chi connectivity index (χ1v) is 3.04. The van der Waals surface area contributed by atoms with Crippen LogP contribution in [0.15, 0.2) is 0 Å². The molecule has 0 aliphatic carbocycles. The average Bonchev–Trinajstić information content (AvgIpc) is 1.93. The Morgan fingerprint density at radius 3 is 2.27 bits per heavy atom. The molecular formula is C5H12ClNO4. The summed E-state index contributed by atoms with van der Waals surface area (Å²) in [5, 5.41) is 26.7. The Morgan fingerprint density at radius 2 is 1.82 bits per heavy atom. The summed E-state index contributed by atoms with van der Waals surface area (Å²) in [6.45, 7) is -0.0734. The fourth-order valence-electron chi connectivity index (χ4n) is 0.832. The van der Waals surface area contributed by atoms with Crippen LogP contribution in [0.1, 0.15) is 0 Å². The van der Waals surface area contributed by atoms with Crippen molar-refractivity contribution in [3.05, 3.63) is 0 Å².